The second-order valence-corrected chi connectivity index (χ2v) is 4.82. The minimum Gasteiger partial charge on any atom is -0.481 e. The zero-order valence-corrected chi connectivity index (χ0v) is 11.5. The van der Waals surface area contributed by atoms with Crippen molar-refractivity contribution >= 4 is 17.7 Å². The number of carbonyl (C=O) groups is 1. The molecule has 1 N–H and O–H groups in total. The van der Waals surface area contributed by atoms with Crippen molar-refractivity contribution in [1.29, 1.82) is 0 Å². The van der Waals surface area contributed by atoms with E-state index in [1.165, 1.54) is 0 Å². The predicted octanol–water partition coefficient (Wildman–Crippen LogP) is 1.71. The van der Waals surface area contributed by atoms with E-state index in [4.69, 9.17) is 5.11 Å². The first kappa shape index (κ1) is 13.5. The van der Waals surface area contributed by atoms with Gasteiger partial charge in [0.1, 0.15) is 5.82 Å². The van der Waals surface area contributed by atoms with Crippen LogP contribution in [0.1, 0.15) is 18.4 Å². The number of hydrogen-bond acceptors (Lipinski definition) is 5. The summed E-state index contributed by atoms with van der Waals surface area (Å²) in [5.41, 5.74) is 1.74. The van der Waals surface area contributed by atoms with Crippen LogP contribution in [0.25, 0.3) is 5.69 Å². The molecule has 6 nitrogen and oxygen atoms in total. The van der Waals surface area contributed by atoms with Gasteiger partial charge in [0.15, 0.2) is 5.16 Å². The van der Waals surface area contributed by atoms with Gasteiger partial charge in [-0.15, -0.1) is 10.2 Å². The quantitative estimate of drug-likeness (QED) is 0.839. The molecule has 0 aliphatic rings. The Morgan fingerprint density at radius 1 is 1.47 bits per heavy atom. The van der Waals surface area contributed by atoms with Crippen LogP contribution in [0, 0.1) is 6.92 Å². The molecule has 7 heteroatoms. The summed E-state index contributed by atoms with van der Waals surface area (Å²) in [7, 11) is 0. The highest BCUT2D eigenvalue weighted by molar-refractivity contribution is 7.99. The molecule has 0 unspecified atom stereocenters. The number of hydrogen-bond donors (Lipinski definition) is 1. The summed E-state index contributed by atoms with van der Waals surface area (Å²) in [5.74, 6) is -0.120. The van der Waals surface area contributed by atoms with E-state index >= 15 is 0 Å². The van der Waals surface area contributed by atoms with Gasteiger partial charge in [0.05, 0.1) is 17.1 Å². The molecule has 0 atom stereocenters. The largest absolute Gasteiger partial charge is 0.481 e. The van der Waals surface area contributed by atoms with Gasteiger partial charge in [0.2, 0.25) is 0 Å². The first-order valence-electron chi connectivity index (χ1n) is 5.84. The molecule has 0 aliphatic carbocycles. The topological polar surface area (TPSA) is 80.9 Å². The van der Waals surface area contributed by atoms with E-state index in [9.17, 15) is 4.79 Å². The van der Waals surface area contributed by atoms with E-state index in [2.05, 4.69) is 15.2 Å². The first-order chi connectivity index (χ1) is 9.13. The van der Waals surface area contributed by atoms with Gasteiger partial charge >= 0.3 is 5.97 Å². The molecule has 0 amide bonds. The van der Waals surface area contributed by atoms with Crippen LogP contribution < -0.4 is 0 Å². The van der Waals surface area contributed by atoms with Crippen molar-refractivity contribution in [2.24, 2.45) is 0 Å². The number of aryl methyl sites for hydroxylation is 2. The molecular formula is C12H14N4O2S. The van der Waals surface area contributed by atoms with Crippen molar-refractivity contribution in [2.75, 3.05) is 5.75 Å². The number of pyridine rings is 1. The highest BCUT2D eigenvalue weighted by Gasteiger charge is 2.15. The molecule has 0 saturated carbocycles. The normalized spacial score (nSPS) is 10.6. The Labute approximate surface area is 114 Å². The number of carboxylic acids is 1. The zero-order chi connectivity index (χ0) is 13.8. The van der Waals surface area contributed by atoms with Crippen LogP contribution in [0.15, 0.2) is 23.5 Å². The summed E-state index contributed by atoms with van der Waals surface area (Å²) in [6.45, 7) is 3.89. The molecule has 0 spiro atoms. The van der Waals surface area contributed by atoms with Crippen molar-refractivity contribution in [3.05, 3.63) is 29.8 Å². The van der Waals surface area contributed by atoms with E-state index < -0.39 is 5.97 Å². The lowest BCUT2D eigenvalue weighted by atomic mass is 10.3. The number of nitrogens with zero attached hydrogens (tertiary/aromatic N) is 4. The Hall–Kier alpha value is -1.89. The fraction of sp³-hybridized carbons (Fsp3) is 0.333. The lowest BCUT2D eigenvalue weighted by Crippen LogP contribution is -2.06. The third-order valence-electron chi connectivity index (χ3n) is 2.56. The average Bonchev–Trinajstić information content (AvgIpc) is 2.79. The SMILES string of the molecule is CCc1nnc(SCC(=O)O)n1-c1cccnc1C. The van der Waals surface area contributed by atoms with Crippen LogP contribution in [-0.2, 0) is 11.2 Å². The summed E-state index contributed by atoms with van der Waals surface area (Å²) in [5, 5.41) is 17.5. The third kappa shape index (κ3) is 2.93. The van der Waals surface area contributed by atoms with Gasteiger partial charge in [0.25, 0.3) is 0 Å². The second-order valence-electron chi connectivity index (χ2n) is 3.88. The molecule has 19 heavy (non-hydrogen) atoms. The Kier molecular flexibility index (Phi) is 4.16. The molecule has 2 rings (SSSR count). The summed E-state index contributed by atoms with van der Waals surface area (Å²) >= 11 is 1.16. The highest BCUT2D eigenvalue weighted by Crippen LogP contribution is 2.23. The maximum absolute atomic E-state index is 10.7. The lowest BCUT2D eigenvalue weighted by Gasteiger charge is -2.10. The van der Waals surface area contributed by atoms with Crippen LogP contribution in [0.2, 0.25) is 0 Å². The molecule has 0 aliphatic heterocycles. The third-order valence-corrected chi connectivity index (χ3v) is 3.47. The summed E-state index contributed by atoms with van der Waals surface area (Å²) in [6.07, 6.45) is 2.44. The van der Waals surface area contributed by atoms with Crippen LogP contribution in [0.5, 0.6) is 0 Å². The van der Waals surface area contributed by atoms with Gasteiger partial charge in [-0.05, 0) is 19.1 Å². The van der Waals surface area contributed by atoms with Crippen LogP contribution in [-0.4, -0.2) is 36.6 Å². The molecule has 2 aromatic rings. The van der Waals surface area contributed by atoms with E-state index in [1.54, 1.807) is 6.20 Å². The van der Waals surface area contributed by atoms with Crippen LogP contribution in [0.3, 0.4) is 0 Å². The summed E-state index contributed by atoms with van der Waals surface area (Å²) < 4.78 is 1.87. The van der Waals surface area contributed by atoms with Crippen molar-refractivity contribution in [3.8, 4) is 5.69 Å². The highest BCUT2D eigenvalue weighted by atomic mass is 32.2. The zero-order valence-electron chi connectivity index (χ0n) is 10.7. The van der Waals surface area contributed by atoms with Crippen molar-refractivity contribution < 1.29 is 9.90 Å². The van der Waals surface area contributed by atoms with Crippen LogP contribution >= 0.6 is 11.8 Å². The van der Waals surface area contributed by atoms with Crippen molar-refractivity contribution in [2.45, 2.75) is 25.4 Å². The Balaban J connectivity index is 2.45. The molecule has 100 valence electrons. The monoisotopic (exact) mass is 278 g/mol. The molecule has 0 radical (unpaired) electrons. The molecule has 0 aromatic carbocycles. The second kappa shape index (κ2) is 5.83. The number of carboxylic acid groups (broad SMARTS) is 1. The van der Waals surface area contributed by atoms with E-state index in [0.29, 0.717) is 5.16 Å². The molecule has 0 saturated heterocycles. The molecule has 2 heterocycles. The van der Waals surface area contributed by atoms with Gasteiger partial charge in [-0.1, -0.05) is 18.7 Å². The van der Waals surface area contributed by atoms with Crippen molar-refractivity contribution in [3.63, 3.8) is 0 Å². The van der Waals surface area contributed by atoms with Gasteiger partial charge in [-0.2, -0.15) is 0 Å². The fourth-order valence-electron chi connectivity index (χ4n) is 1.70. The van der Waals surface area contributed by atoms with E-state index in [-0.39, 0.29) is 5.75 Å². The summed E-state index contributed by atoms with van der Waals surface area (Å²) in [4.78, 5) is 14.9. The Bertz CT molecular complexity index is 597. The number of aromatic nitrogens is 4. The van der Waals surface area contributed by atoms with Crippen molar-refractivity contribution in [1.82, 2.24) is 19.7 Å². The molecule has 2 aromatic heterocycles. The predicted molar refractivity (Wildman–Crippen MR) is 71.6 cm³/mol. The molecular weight excluding hydrogens is 264 g/mol. The molecule has 0 fully saturated rings. The van der Waals surface area contributed by atoms with Gasteiger partial charge < -0.3 is 5.11 Å². The summed E-state index contributed by atoms with van der Waals surface area (Å²) in [6, 6.07) is 3.77. The van der Waals surface area contributed by atoms with Gasteiger partial charge in [-0.25, -0.2) is 0 Å². The van der Waals surface area contributed by atoms with E-state index in [1.807, 2.05) is 30.5 Å². The Morgan fingerprint density at radius 2 is 2.26 bits per heavy atom. The fourth-order valence-corrected chi connectivity index (χ4v) is 2.39. The van der Waals surface area contributed by atoms with Gasteiger partial charge in [-0.3, -0.25) is 14.3 Å². The smallest absolute Gasteiger partial charge is 0.313 e. The lowest BCUT2D eigenvalue weighted by molar-refractivity contribution is -0.133. The number of rotatable bonds is 5. The average molecular weight is 278 g/mol. The first-order valence-corrected chi connectivity index (χ1v) is 6.83. The maximum atomic E-state index is 10.7. The van der Waals surface area contributed by atoms with Crippen LogP contribution in [0.4, 0.5) is 0 Å². The molecule has 0 bridgehead atoms. The number of aliphatic carboxylic acids is 1. The standard InChI is InChI=1S/C12H14N4O2S/c1-3-10-14-15-12(19-7-11(17)18)16(10)9-5-4-6-13-8(9)2/h4-6H,3,7H2,1-2H3,(H,17,18). The number of thioether (sulfide) groups is 1. The van der Waals surface area contributed by atoms with E-state index in [0.717, 1.165) is 35.4 Å². The Morgan fingerprint density at radius 3 is 2.89 bits per heavy atom. The maximum Gasteiger partial charge on any atom is 0.313 e. The van der Waals surface area contributed by atoms with Gasteiger partial charge in [0, 0.05) is 12.6 Å². The minimum atomic E-state index is -0.875. The minimum absolute atomic E-state index is 0.0405.